The Kier molecular flexibility index (Phi) is 3.01. The summed E-state index contributed by atoms with van der Waals surface area (Å²) in [5, 5.41) is 21.3. The van der Waals surface area contributed by atoms with Crippen LogP contribution in [0.25, 0.3) is 0 Å². The molecule has 0 bridgehead atoms. The van der Waals surface area contributed by atoms with Gasteiger partial charge in [-0.05, 0) is 24.3 Å². The molecule has 18 heavy (non-hydrogen) atoms. The van der Waals surface area contributed by atoms with Gasteiger partial charge in [-0.2, -0.15) is 0 Å². The zero-order chi connectivity index (χ0) is 13.1. The van der Waals surface area contributed by atoms with Gasteiger partial charge >= 0.3 is 0 Å². The normalized spacial score (nSPS) is 10.0. The lowest BCUT2D eigenvalue weighted by atomic mass is 10.1. The number of nitrogen functional groups attached to an aromatic ring is 1. The largest absolute Gasteiger partial charge is 0.504 e. The topological polar surface area (TPSA) is 108 Å². The molecule has 6 nitrogen and oxygen atoms in total. The smallest absolute Gasteiger partial charge is 0.260 e. The van der Waals surface area contributed by atoms with Gasteiger partial charge in [0, 0.05) is 0 Å². The molecular weight excluding hydrogens is 234 g/mol. The van der Waals surface area contributed by atoms with Gasteiger partial charge in [0.1, 0.15) is 5.82 Å². The number of amides is 1. The van der Waals surface area contributed by atoms with Crippen molar-refractivity contribution in [3.63, 3.8) is 0 Å². The molecule has 0 fully saturated rings. The lowest BCUT2D eigenvalue weighted by molar-refractivity contribution is 0.102. The molecular formula is C12H11N3O3. The Morgan fingerprint density at radius 2 is 2.00 bits per heavy atom. The number of carbonyl (C=O) groups is 1. The monoisotopic (exact) mass is 245 g/mol. The molecule has 0 aliphatic rings. The van der Waals surface area contributed by atoms with Crippen LogP contribution in [0.1, 0.15) is 10.4 Å². The second-order valence-electron chi connectivity index (χ2n) is 3.60. The molecule has 0 saturated carbocycles. The van der Waals surface area contributed by atoms with Crippen molar-refractivity contribution in [1.82, 2.24) is 4.98 Å². The number of rotatable bonds is 2. The molecule has 0 radical (unpaired) electrons. The Morgan fingerprint density at radius 1 is 1.22 bits per heavy atom. The first-order valence-electron chi connectivity index (χ1n) is 5.12. The minimum Gasteiger partial charge on any atom is -0.504 e. The molecule has 2 rings (SSSR count). The first-order valence-corrected chi connectivity index (χ1v) is 5.12. The maximum absolute atomic E-state index is 11.8. The number of aromatic hydroxyl groups is 2. The van der Waals surface area contributed by atoms with Crippen molar-refractivity contribution < 1.29 is 15.0 Å². The third kappa shape index (κ3) is 2.32. The van der Waals surface area contributed by atoms with Crippen LogP contribution in [0.2, 0.25) is 0 Å². The third-order valence-corrected chi connectivity index (χ3v) is 2.29. The molecule has 1 aromatic heterocycles. The Bertz CT molecular complexity index is 582. The van der Waals surface area contributed by atoms with Gasteiger partial charge in [0.05, 0.1) is 17.4 Å². The molecule has 2 aromatic rings. The van der Waals surface area contributed by atoms with E-state index in [4.69, 9.17) is 5.73 Å². The quantitative estimate of drug-likeness (QED) is 0.597. The van der Waals surface area contributed by atoms with E-state index in [9.17, 15) is 15.0 Å². The first kappa shape index (κ1) is 11.7. The molecule has 1 amide bonds. The van der Waals surface area contributed by atoms with Gasteiger partial charge in [-0.15, -0.1) is 0 Å². The molecule has 0 aliphatic heterocycles. The second-order valence-corrected chi connectivity index (χ2v) is 3.60. The number of para-hydroxylation sites is 1. The highest BCUT2D eigenvalue weighted by Gasteiger charge is 2.14. The SMILES string of the molecule is Nc1ccc(NC(=O)c2cccc(O)c2O)nc1. The summed E-state index contributed by atoms with van der Waals surface area (Å²) in [4.78, 5) is 15.7. The number of hydrogen-bond donors (Lipinski definition) is 4. The van der Waals surface area contributed by atoms with Gasteiger partial charge in [-0.1, -0.05) is 6.07 Å². The first-order chi connectivity index (χ1) is 8.58. The van der Waals surface area contributed by atoms with Crippen molar-refractivity contribution in [1.29, 1.82) is 0 Å². The van der Waals surface area contributed by atoms with E-state index in [-0.39, 0.29) is 11.3 Å². The predicted octanol–water partition coefficient (Wildman–Crippen LogP) is 1.33. The summed E-state index contributed by atoms with van der Waals surface area (Å²) in [6, 6.07) is 7.26. The Hall–Kier alpha value is -2.76. The highest BCUT2D eigenvalue weighted by molar-refractivity contribution is 6.06. The number of aromatic nitrogens is 1. The Balaban J connectivity index is 2.22. The van der Waals surface area contributed by atoms with Crippen LogP contribution < -0.4 is 11.1 Å². The molecule has 5 N–H and O–H groups in total. The molecule has 1 aromatic carbocycles. The maximum Gasteiger partial charge on any atom is 0.260 e. The average molecular weight is 245 g/mol. The number of anilines is 2. The van der Waals surface area contributed by atoms with Crippen LogP contribution in [0.15, 0.2) is 36.5 Å². The molecule has 0 spiro atoms. The fourth-order valence-electron chi connectivity index (χ4n) is 1.38. The molecule has 6 heteroatoms. The minimum atomic E-state index is -0.569. The average Bonchev–Trinajstić information content (AvgIpc) is 2.35. The van der Waals surface area contributed by atoms with Crippen LogP contribution in [0, 0.1) is 0 Å². The number of benzene rings is 1. The molecule has 0 unspecified atom stereocenters. The summed E-state index contributed by atoms with van der Waals surface area (Å²) < 4.78 is 0. The molecule has 0 atom stereocenters. The zero-order valence-corrected chi connectivity index (χ0v) is 9.29. The van der Waals surface area contributed by atoms with Crippen molar-refractivity contribution in [2.45, 2.75) is 0 Å². The third-order valence-electron chi connectivity index (χ3n) is 2.29. The minimum absolute atomic E-state index is 0.0337. The van der Waals surface area contributed by atoms with Crippen LogP contribution >= 0.6 is 0 Å². The van der Waals surface area contributed by atoms with Gasteiger partial charge in [0.25, 0.3) is 5.91 Å². The van der Waals surface area contributed by atoms with Gasteiger partial charge in [0.15, 0.2) is 11.5 Å². The summed E-state index contributed by atoms with van der Waals surface area (Å²) in [5.74, 6) is -1.09. The van der Waals surface area contributed by atoms with E-state index < -0.39 is 11.7 Å². The van der Waals surface area contributed by atoms with E-state index in [2.05, 4.69) is 10.3 Å². The zero-order valence-electron chi connectivity index (χ0n) is 9.29. The summed E-state index contributed by atoms with van der Waals surface area (Å²) in [6.07, 6.45) is 1.40. The number of hydrogen-bond acceptors (Lipinski definition) is 5. The van der Waals surface area contributed by atoms with Crippen LogP contribution in [0.3, 0.4) is 0 Å². The number of pyridine rings is 1. The molecule has 1 heterocycles. The second kappa shape index (κ2) is 4.62. The number of nitrogens with two attached hydrogens (primary N) is 1. The predicted molar refractivity (Wildman–Crippen MR) is 66.4 cm³/mol. The molecule has 92 valence electrons. The van der Waals surface area contributed by atoms with Crippen molar-refractivity contribution in [3.8, 4) is 11.5 Å². The summed E-state index contributed by atoms with van der Waals surface area (Å²) in [7, 11) is 0. The van der Waals surface area contributed by atoms with Crippen molar-refractivity contribution >= 4 is 17.4 Å². The number of carbonyl (C=O) groups excluding carboxylic acids is 1. The number of nitrogens with zero attached hydrogens (tertiary/aromatic N) is 1. The fraction of sp³-hybridized carbons (Fsp3) is 0. The molecule has 0 aliphatic carbocycles. The van der Waals surface area contributed by atoms with Crippen molar-refractivity contribution in [2.24, 2.45) is 0 Å². The fourth-order valence-corrected chi connectivity index (χ4v) is 1.38. The Labute approximate surface area is 103 Å². The summed E-state index contributed by atoms with van der Waals surface area (Å²) in [6.45, 7) is 0. The highest BCUT2D eigenvalue weighted by Crippen LogP contribution is 2.28. The van der Waals surface area contributed by atoms with Crippen LogP contribution in [0.4, 0.5) is 11.5 Å². The molecule has 0 saturated heterocycles. The lowest BCUT2D eigenvalue weighted by Crippen LogP contribution is -2.13. The standard InChI is InChI=1S/C12H11N3O3/c13-7-4-5-10(14-6-7)15-12(18)8-2-1-3-9(16)11(8)17/h1-6,16-17H,13H2,(H,14,15,18). The number of nitrogens with one attached hydrogen (secondary N) is 1. The van der Waals surface area contributed by atoms with Gasteiger partial charge in [-0.3, -0.25) is 4.79 Å². The van der Waals surface area contributed by atoms with Crippen LogP contribution in [-0.4, -0.2) is 21.1 Å². The van der Waals surface area contributed by atoms with Gasteiger partial charge in [0.2, 0.25) is 0 Å². The van der Waals surface area contributed by atoms with E-state index in [0.717, 1.165) is 0 Å². The van der Waals surface area contributed by atoms with Crippen LogP contribution in [-0.2, 0) is 0 Å². The van der Waals surface area contributed by atoms with Gasteiger partial charge < -0.3 is 21.3 Å². The van der Waals surface area contributed by atoms with E-state index in [1.165, 1.54) is 30.5 Å². The van der Waals surface area contributed by atoms with Crippen molar-refractivity contribution in [3.05, 3.63) is 42.1 Å². The van der Waals surface area contributed by atoms with E-state index in [1.807, 2.05) is 0 Å². The van der Waals surface area contributed by atoms with Crippen molar-refractivity contribution in [2.75, 3.05) is 11.1 Å². The lowest BCUT2D eigenvalue weighted by Gasteiger charge is -2.07. The Morgan fingerprint density at radius 3 is 2.67 bits per heavy atom. The van der Waals surface area contributed by atoms with E-state index in [1.54, 1.807) is 6.07 Å². The summed E-state index contributed by atoms with van der Waals surface area (Å²) in [5.41, 5.74) is 5.91. The van der Waals surface area contributed by atoms with Gasteiger partial charge in [-0.25, -0.2) is 4.98 Å². The van der Waals surface area contributed by atoms with E-state index >= 15 is 0 Å². The summed E-state index contributed by atoms with van der Waals surface area (Å²) >= 11 is 0. The maximum atomic E-state index is 11.8. The van der Waals surface area contributed by atoms with Crippen LogP contribution in [0.5, 0.6) is 11.5 Å². The highest BCUT2D eigenvalue weighted by atomic mass is 16.3. The number of phenols is 2. The number of phenolic OH excluding ortho intramolecular Hbond substituents is 2. The van der Waals surface area contributed by atoms with E-state index in [0.29, 0.717) is 11.5 Å².